The third-order valence-corrected chi connectivity index (χ3v) is 3.97. The van der Waals surface area contributed by atoms with Crippen molar-refractivity contribution in [2.24, 2.45) is 5.92 Å². The second kappa shape index (κ2) is 6.99. The number of aliphatic carboxylic acids is 1. The van der Waals surface area contributed by atoms with Crippen LogP contribution in [0.3, 0.4) is 0 Å². The van der Waals surface area contributed by atoms with Gasteiger partial charge < -0.3 is 15.2 Å². The van der Waals surface area contributed by atoms with E-state index in [1.165, 1.54) is 0 Å². The monoisotopic (exact) mass is 384 g/mol. The fourth-order valence-corrected chi connectivity index (χ4v) is 2.59. The van der Waals surface area contributed by atoms with Crippen LogP contribution in [0, 0.1) is 5.92 Å². The molecule has 2 rings (SSSR count). The molecular formula is C15H17BrN2O5. The summed E-state index contributed by atoms with van der Waals surface area (Å²) >= 11 is 3.30. The zero-order valence-corrected chi connectivity index (χ0v) is 14.2. The lowest BCUT2D eigenvalue weighted by Crippen LogP contribution is -2.48. The van der Waals surface area contributed by atoms with E-state index >= 15 is 0 Å². The number of carbonyl (C=O) groups is 3. The summed E-state index contributed by atoms with van der Waals surface area (Å²) in [6, 6.07) is 4.22. The summed E-state index contributed by atoms with van der Waals surface area (Å²) in [7, 11) is 0. The molecular weight excluding hydrogens is 368 g/mol. The molecule has 1 aliphatic heterocycles. The Morgan fingerprint density at radius 2 is 1.96 bits per heavy atom. The first-order chi connectivity index (χ1) is 10.8. The maximum atomic E-state index is 12.3. The lowest BCUT2D eigenvalue weighted by molar-refractivity contribution is -0.148. The van der Waals surface area contributed by atoms with Gasteiger partial charge in [-0.2, -0.15) is 0 Å². The number of hydrogen-bond donors (Lipinski definition) is 2. The lowest BCUT2D eigenvalue weighted by Gasteiger charge is -2.24. The normalized spacial score (nSPS) is 19.0. The van der Waals surface area contributed by atoms with Gasteiger partial charge in [-0.1, -0.05) is 29.8 Å². The highest BCUT2D eigenvalue weighted by Crippen LogP contribution is 2.20. The molecule has 1 heterocycles. The Morgan fingerprint density at radius 1 is 1.35 bits per heavy atom. The van der Waals surface area contributed by atoms with Gasteiger partial charge in [-0.15, -0.1) is 0 Å². The molecule has 0 saturated carbocycles. The van der Waals surface area contributed by atoms with Crippen LogP contribution in [0.1, 0.15) is 13.8 Å². The van der Waals surface area contributed by atoms with E-state index in [2.05, 4.69) is 21.2 Å². The van der Waals surface area contributed by atoms with Crippen molar-refractivity contribution in [1.29, 1.82) is 0 Å². The van der Waals surface area contributed by atoms with Gasteiger partial charge in [0.15, 0.2) is 0 Å². The number of ether oxygens (including phenoxy) is 1. The number of nitrogens with one attached hydrogen (secondary N) is 1. The highest BCUT2D eigenvalue weighted by atomic mass is 79.9. The fraction of sp³-hybridized carbons (Fsp3) is 0.400. The van der Waals surface area contributed by atoms with Gasteiger partial charge in [-0.05, 0) is 30.2 Å². The molecule has 3 amide bonds. The quantitative estimate of drug-likeness (QED) is 0.729. The fourth-order valence-electron chi connectivity index (χ4n) is 2.33. The van der Waals surface area contributed by atoms with Crippen LogP contribution in [0.4, 0.5) is 4.79 Å². The van der Waals surface area contributed by atoms with Crippen molar-refractivity contribution in [2.45, 2.75) is 25.9 Å². The molecule has 124 valence electrons. The first-order valence-corrected chi connectivity index (χ1v) is 7.85. The molecule has 0 bridgehead atoms. The van der Waals surface area contributed by atoms with Crippen LogP contribution in [-0.4, -0.2) is 46.6 Å². The number of carboxylic acid groups (broad SMARTS) is 1. The Labute approximate surface area is 141 Å². The standard InChI is InChI=1S/C15H17BrN2O5/c1-8(2)12(14(20)21)18-13(19)11(17-15(18)22)7-23-10-5-3-9(16)4-6-10/h3-6,8,11-12H,7H2,1-2H3,(H,17,22)(H,20,21). The molecule has 0 aliphatic carbocycles. The van der Waals surface area contributed by atoms with Gasteiger partial charge in [0.2, 0.25) is 0 Å². The smallest absolute Gasteiger partial charge is 0.327 e. The molecule has 0 spiro atoms. The summed E-state index contributed by atoms with van der Waals surface area (Å²) in [6.45, 7) is 3.23. The summed E-state index contributed by atoms with van der Waals surface area (Å²) in [6.07, 6.45) is 0. The Balaban J connectivity index is 2.05. The summed E-state index contributed by atoms with van der Waals surface area (Å²) < 4.78 is 6.37. The molecule has 1 aliphatic rings. The van der Waals surface area contributed by atoms with E-state index in [1.54, 1.807) is 38.1 Å². The topological polar surface area (TPSA) is 95.9 Å². The van der Waals surface area contributed by atoms with Crippen molar-refractivity contribution in [1.82, 2.24) is 10.2 Å². The van der Waals surface area contributed by atoms with E-state index in [9.17, 15) is 19.5 Å². The zero-order valence-electron chi connectivity index (χ0n) is 12.7. The van der Waals surface area contributed by atoms with E-state index in [1.807, 2.05) is 0 Å². The van der Waals surface area contributed by atoms with Crippen LogP contribution in [0.2, 0.25) is 0 Å². The molecule has 1 aromatic rings. The van der Waals surface area contributed by atoms with Crippen molar-refractivity contribution in [3.63, 3.8) is 0 Å². The second-order valence-corrected chi connectivity index (χ2v) is 6.42. The van der Waals surface area contributed by atoms with Gasteiger partial charge in [0.1, 0.15) is 24.4 Å². The largest absolute Gasteiger partial charge is 0.491 e. The molecule has 8 heteroatoms. The molecule has 1 fully saturated rings. The van der Waals surface area contributed by atoms with Crippen molar-refractivity contribution >= 4 is 33.8 Å². The van der Waals surface area contributed by atoms with Crippen LogP contribution >= 0.6 is 15.9 Å². The number of carboxylic acids is 1. The molecule has 0 radical (unpaired) electrons. The van der Waals surface area contributed by atoms with Crippen LogP contribution in [0.25, 0.3) is 0 Å². The average Bonchev–Trinajstić information content (AvgIpc) is 2.74. The zero-order chi connectivity index (χ0) is 17.1. The minimum absolute atomic E-state index is 0.0624. The molecule has 23 heavy (non-hydrogen) atoms. The lowest BCUT2D eigenvalue weighted by atomic mass is 10.0. The Hall–Kier alpha value is -2.09. The van der Waals surface area contributed by atoms with Crippen LogP contribution in [0.15, 0.2) is 28.7 Å². The predicted molar refractivity (Wildman–Crippen MR) is 85.1 cm³/mol. The maximum Gasteiger partial charge on any atom is 0.327 e. The maximum absolute atomic E-state index is 12.3. The summed E-state index contributed by atoms with van der Waals surface area (Å²) in [5, 5.41) is 11.7. The number of amides is 3. The molecule has 7 nitrogen and oxygen atoms in total. The number of carbonyl (C=O) groups excluding carboxylic acids is 2. The average molecular weight is 385 g/mol. The number of rotatable bonds is 6. The van der Waals surface area contributed by atoms with Gasteiger partial charge in [-0.3, -0.25) is 4.79 Å². The molecule has 0 aromatic heterocycles. The van der Waals surface area contributed by atoms with Crippen LogP contribution in [-0.2, 0) is 9.59 Å². The van der Waals surface area contributed by atoms with Gasteiger partial charge in [0.05, 0.1) is 0 Å². The molecule has 2 N–H and O–H groups in total. The van der Waals surface area contributed by atoms with Crippen molar-refractivity contribution < 1.29 is 24.2 Å². The predicted octanol–water partition coefficient (Wildman–Crippen LogP) is 1.86. The Bertz CT molecular complexity index is 617. The van der Waals surface area contributed by atoms with E-state index in [0.29, 0.717) is 5.75 Å². The highest BCUT2D eigenvalue weighted by molar-refractivity contribution is 9.10. The summed E-state index contributed by atoms with van der Waals surface area (Å²) in [5.74, 6) is -1.65. The molecule has 2 unspecified atom stereocenters. The van der Waals surface area contributed by atoms with E-state index in [4.69, 9.17) is 4.74 Å². The number of imide groups is 1. The van der Waals surface area contributed by atoms with Gasteiger partial charge in [-0.25, -0.2) is 14.5 Å². The van der Waals surface area contributed by atoms with Gasteiger partial charge in [0.25, 0.3) is 5.91 Å². The van der Waals surface area contributed by atoms with Crippen molar-refractivity contribution in [3.05, 3.63) is 28.7 Å². The Morgan fingerprint density at radius 3 is 2.48 bits per heavy atom. The van der Waals surface area contributed by atoms with E-state index in [0.717, 1.165) is 9.37 Å². The van der Waals surface area contributed by atoms with Crippen molar-refractivity contribution in [3.8, 4) is 5.75 Å². The van der Waals surface area contributed by atoms with Crippen LogP contribution in [0.5, 0.6) is 5.75 Å². The minimum atomic E-state index is -1.21. The number of halogens is 1. The minimum Gasteiger partial charge on any atom is -0.491 e. The molecule has 1 aromatic carbocycles. The SMILES string of the molecule is CC(C)C(C(=O)O)N1C(=O)NC(COc2ccc(Br)cc2)C1=O. The highest BCUT2D eigenvalue weighted by Gasteiger charge is 2.46. The first kappa shape index (κ1) is 17.3. The van der Waals surface area contributed by atoms with Gasteiger partial charge in [0, 0.05) is 4.47 Å². The number of nitrogens with zero attached hydrogens (tertiary/aromatic N) is 1. The number of benzene rings is 1. The first-order valence-electron chi connectivity index (χ1n) is 7.06. The number of hydrogen-bond acceptors (Lipinski definition) is 4. The molecule has 2 atom stereocenters. The van der Waals surface area contributed by atoms with E-state index < -0.39 is 35.9 Å². The second-order valence-electron chi connectivity index (χ2n) is 5.50. The number of urea groups is 1. The summed E-state index contributed by atoms with van der Waals surface area (Å²) in [5.41, 5.74) is 0. The Kier molecular flexibility index (Phi) is 5.25. The summed E-state index contributed by atoms with van der Waals surface area (Å²) in [4.78, 5) is 36.4. The molecule has 1 saturated heterocycles. The third-order valence-electron chi connectivity index (χ3n) is 3.45. The van der Waals surface area contributed by atoms with Gasteiger partial charge >= 0.3 is 12.0 Å². The van der Waals surface area contributed by atoms with E-state index in [-0.39, 0.29) is 6.61 Å². The van der Waals surface area contributed by atoms with Crippen molar-refractivity contribution in [2.75, 3.05) is 6.61 Å². The van der Waals surface area contributed by atoms with Crippen LogP contribution < -0.4 is 10.1 Å². The third kappa shape index (κ3) is 3.82.